The summed E-state index contributed by atoms with van der Waals surface area (Å²) >= 11 is 0. The lowest BCUT2D eigenvalue weighted by Gasteiger charge is -2.26. The van der Waals surface area contributed by atoms with Crippen molar-refractivity contribution >= 4 is 0 Å². The summed E-state index contributed by atoms with van der Waals surface area (Å²) in [7, 11) is 0. The lowest BCUT2D eigenvalue weighted by atomic mass is 10.1. The molecular weight excluding hydrogens is 212 g/mol. The van der Waals surface area contributed by atoms with Gasteiger partial charge < -0.3 is 9.47 Å². The lowest BCUT2D eigenvalue weighted by Crippen LogP contribution is -2.30. The quantitative estimate of drug-likeness (QED) is 0.662. The third-order valence-electron chi connectivity index (χ3n) is 4.16. The fourth-order valence-corrected chi connectivity index (χ4v) is 3.09. The zero-order chi connectivity index (χ0) is 12.0. The average molecular weight is 240 g/mol. The Hall–Kier alpha value is -0.0800. The first-order chi connectivity index (χ1) is 8.35. The van der Waals surface area contributed by atoms with Crippen LogP contribution in [0.5, 0.6) is 0 Å². The maximum Gasteiger partial charge on any atom is 0.168 e. The highest BCUT2D eigenvalue weighted by Gasteiger charge is 2.40. The number of ether oxygens (including phenoxy) is 2. The Labute approximate surface area is 106 Å². The topological polar surface area (TPSA) is 18.5 Å². The molecule has 2 fully saturated rings. The van der Waals surface area contributed by atoms with Gasteiger partial charge in [0.25, 0.3) is 0 Å². The molecule has 1 saturated carbocycles. The van der Waals surface area contributed by atoms with E-state index in [1.54, 1.807) is 0 Å². The van der Waals surface area contributed by atoms with Gasteiger partial charge in [-0.1, -0.05) is 45.4 Å². The molecule has 17 heavy (non-hydrogen) atoms. The van der Waals surface area contributed by atoms with Gasteiger partial charge >= 0.3 is 0 Å². The fourth-order valence-electron chi connectivity index (χ4n) is 3.09. The SMILES string of the molecule is CCCCCCC1COC2(CCCCCC2)O1. The summed E-state index contributed by atoms with van der Waals surface area (Å²) in [5, 5.41) is 0. The van der Waals surface area contributed by atoms with Gasteiger partial charge in [0.15, 0.2) is 5.79 Å². The van der Waals surface area contributed by atoms with Crippen molar-refractivity contribution in [3.63, 3.8) is 0 Å². The second-order valence-corrected chi connectivity index (χ2v) is 5.73. The van der Waals surface area contributed by atoms with Gasteiger partial charge in [-0.25, -0.2) is 0 Å². The normalized spacial score (nSPS) is 28.4. The Morgan fingerprint density at radius 1 is 1.00 bits per heavy atom. The van der Waals surface area contributed by atoms with Crippen molar-refractivity contribution < 1.29 is 9.47 Å². The maximum absolute atomic E-state index is 6.23. The lowest BCUT2D eigenvalue weighted by molar-refractivity contribution is -0.176. The molecule has 0 aromatic rings. The molecule has 1 spiro atoms. The smallest absolute Gasteiger partial charge is 0.168 e. The van der Waals surface area contributed by atoms with Crippen LogP contribution in [0.3, 0.4) is 0 Å². The summed E-state index contributed by atoms with van der Waals surface area (Å²) in [6.07, 6.45) is 14.4. The molecule has 2 nitrogen and oxygen atoms in total. The number of rotatable bonds is 5. The van der Waals surface area contributed by atoms with Crippen LogP contribution < -0.4 is 0 Å². The standard InChI is InChI=1S/C15H28O2/c1-2-3-4-7-10-14-13-16-15(17-14)11-8-5-6-9-12-15/h14H,2-13H2,1H3. The van der Waals surface area contributed by atoms with Crippen molar-refractivity contribution in [3.05, 3.63) is 0 Å². The molecule has 0 aromatic carbocycles. The van der Waals surface area contributed by atoms with E-state index >= 15 is 0 Å². The van der Waals surface area contributed by atoms with Gasteiger partial charge in [-0.05, 0) is 19.3 Å². The summed E-state index contributed by atoms with van der Waals surface area (Å²) in [5.74, 6) is -0.175. The van der Waals surface area contributed by atoms with Crippen LogP contribution in [0.4, 0.5) is 0 Å². The third kappa shape index (κ3) is 3.96. The van der Waals surface area contributed by atoms with Crippen LogP contribution in [0.25, 0.3) is 0 Å². The molecule has 0 amide bonds. The molecule has 0 aromatic heterocycles. The summed E-state index contributed by atoms with van der Waals surface area (Å²) in [6, 6.07) is 0. The van der Waals surface area contributed by atoms with E-state index in [0.717, 1.165) is 19.4 Å². The molecule has 1 saturated heterocycles. The van der Waals surface area contributed by atoms with Crippen LogP contribution in [-0.2, 0) is 9.47 Å². The van der Waals surface area contributed by atoms with Crippen molar-refractivity contribution in [2.45, 2.75) is 89.4 Å². The van der Waals surface area contributed by atoms with E-state index in [2.05, 4.69) is 6.92 Å². The van der Waals surface area contributed by atoms with Crippen molar-refractivity contribution in [3.8, 4) is 0 Å². The van der Waals surface area contributed by atoms with Crippen molar-refractivity contribution in [2.75, 3.05) is 6.61 Å². The average Bonchev–Trinajstić information content (AvgIpc) is 2.57. The first-order valence-electron chi connectivity index (χ1n) is 7.66. The van der Waals surface area contributed by atoms with Gasteiger partial charge in [0.2, 0.25) is 0 Å². The zero-order valence-corrected chi connectivity index (χ0v) is 11.4. The van der Waals surface area contributed by atoms with Crippen LogP contribution in [0, 0.1) is 0 Å². The van der Waals surface area contributed by atoms with E-state index in [0.29, 0.717) is 6.10 Å². The predicted molar refractivity (Wildman–Crippen MR) is 70.0 cm³/mol. The fraction of sp³-hybridized carbons (Fsp3) is 1.00. The minimum Gasteiger partial charge on any atom is -0.347 e. The van der Waals surface area contributed by atoms with Gasteiger partial charge in [-0.15, -0.1) is 0 Å². The summed E-state index contributed by atoms with van der Waals surface area (Å²) in [4.78, 5) is 0. The monoisotopic (exact) mass is 240 g/mol. The number of unbranched alkanes of at least 4 members (excludes halogenated alkanes) is 3. The van der Waals surface area contributed by atoms with Crippen molar-refractivity contribution in [1.29, 1.82) is 0 Å². The predicted octanol–water partition coefficient (Wildman–Crippen LogP) is 4.42. The second kappa shape index (κ2) is 6.75. The van der Waals surface area contributed by atoms with Crippen molar-refractivity contribution in [1.82, 2.24) is 0 Å². The Morgan fingerprint density at radius 3 is 2.47 bits per heavy atom. The summed E-state index contributed by atoms with van der Waals surface area (Å²) in [6.45, 7) is 3.10. The maximum atomic E-state index is 6.23. The number of hydrogen-bond acceptors (Lipinski definition) is 2. The molecule has 1 aliphatic carbocycles. The second-order valence-electron chi connectivity index (χ2n) is 5.73. The highest BCUT2D eigenvalue weighted by atomic mass is 16.7. The third-order valence-corrected chi connectivity index (χ3v) is 4.16. The van der Waals surface area contributed by atoms with Crippen LogP contribution in [0.15, 0.2) is 0 Å². The number of hydrogen-bond donors (Lipinski definition) is 0. The van der Waals surface area contributed by atoms with E-state index < -0.39 is 0 Å². The minimum atomic E-state index is -0.175. The van der Waals surface area contributed by atoms with Crippen LogP contribution in [-0.4, -0.2) is 18.5 Å². The van der Waals surface area contributed by atoms with E-state index in [1.807, 2.05) is 0 Å². The Bertz CT molecular complexity index is 207. The molecule has 2 rings (SSSR count). The van der Waals surface area contributed by atoms with Crippen LogP contribution in [0.2, 0.25) is 0 Å². The minimum absolute atomic E-state index is 0.175. The van der Waals surface area contributed by atoms with Crippen LogP contribution in [0.1, 0.15) is 77.6 Å². The molecule has 2 heteroatoms. The molecule has 1 atom stereocenters. The summed E-state index contributed by atoms with van der Waals surface area (Å²) in [5.41, 5.74) is 0. The van der Waals surface area contributed by atoms with Gasteiger partial charge in [-0.3, -0.25) is 0 Å². The van der Waals surface area contributed by atoms with Gasteiger partial charge in [0.05, 0.1) is 12.7 Å². The first kappa shape index (κ1) is 13.4. The summed E-state index contributed by atoms with van der Waals surface area (Å²) < 4.78 is 12.2. The molecule has 0 N–H and O–H groups in total. The Morgan fingerprint density at radius 2 is 1.76 bits per heavy atom. The molecule has 0 radical (unpaired) electrons. The largest absolute Gasteiger partial charge is 0.347 e. The molecule has 1 unspecified atom stereocenters. The Balaban J connectivity index is 1.70. The van der Waals surface area contributed by atoms with E-state index in [-0.39, 0.29) is 5.79 Å². The highest BCUT2D eigenvalue weighted by Crippen LogP contribution is 2.37. The van der Waals surface area contributed by atoms with Gasteiger partial charge in [0, 0.05) is 12.8 Å². The molecule has 2 aliphatic rings. The van der Waals surface area contributed by atoms with E-state index in [1.165, 1.54) is 57.8 Å². The molecule has 100 valence electrons. The van der Waals surface area contributed by atoms with Crippen LogP contribution >= 0.6 is 0 Å². The molecular formula is C15H28O2. The Kier molecular flexibility index (Phi) is 5.30. The molecule has 0 bridgehead atoms. The van der Waals surface area contributed by atoms with E-state index in [9.17, 15) is 0 Å². The highest BCUT2D eigenvalue weighted by molar-refractivity contribution is 4.81. The van der Waals surface area contributed by atoms with Gasteiger partial charge in [-0.2, -0.15) is 0 Å². The van der Waals surface area contributed by atoms with E-state index in [4.69, 9.17) is 9.47 Å². The molecule has 1 aliphatic heterocycles. The zero-order valence-electron chi connectivity index (χ0n) is 11.4. The van der Waals surface area contributed by atoms with Gasteiger partial charge in [0.1, 0.15) is 0 Å². The van der Waals surface area contributed by atoms with Crippen molar-refractivity contribution in [2.24, 2.45) is 0 Å². The molecule has 1 heterocycles. The first-order valence-corrected chi connectivity index (χ1v) is 7.66.